The number of hydrogen-bond acceptors (Lipinski definition) is 4. The fourth-order valence-electron chi connectivity index (χ4n) is 1.98. The Kier molecular flexibility index (Phi) is 4.36. The van der Waals surface area contributed by atoms with E-state index in [-0.39, 0.29) is 6.04 Å². The third kappa shape index (κ3) is 2.72. The largest absolute Gasteiger partial charge is 0.494 e. The highest BCUT2D eigenvalue weighted by atomic mass is 32.1. The van der Waals surface area contributed by atoms with E-state index in [1.807, 2.05) is 25.1 Å². The zero-order valence-electron chi connectivity index (χ0n) is 10.6. The first kappa shape index (κ1) is 13.1. The second kappa shape index (κ2) is 6.00. The summed E-state index contributed by atoms with van der Waals surface area (Å²) in [6.45, 7) is 4.75. The number of nitrogens with one attached hydrogen (secondary N) is 1. The first-order chi connectivity index (χ1) is 8.76. The van der Waals surface area contributed by atoms with E-state index in [1.165, 1.54) is 11.1 Å². The summed E-state index contributed by atoms with van der Waals surface area (Å²) in [6.07, 6.45) is 0. The molecule has 0 spiro atoms. The van der Waals surface area contributed by atoms with Crippen molar-refractivity contribution < 1.29 is 4.74 Å². The summed E-state index contributed by atoms with van der Waals surface area (Å²) in [6, 6.07) is 8.06. The second-order valence-corrected chi connectivity index (χ2v) is 4.86. The number of thiophene rings is 1. The van der Waals surface area contributed by atoms with Crippen molar-refractivity contribution >= 4 is 11.3 Å². The van der Waals surface area contributed by atoms with Gasteiger partial charge >= 0.3 is 0 Å². The van der Waals surface area contributed by atoms with Crippen LogP contribution < -0.4 is 16.0 Å². The molecule has 1 aromatic carbocycles. The lowest BCUT2D eigenvalue weighted by Gasteiger charge is -2.17. The maximum Gasteiger partial charge on any atom is 0.119 e. The van der Waals surface area contributed by atoms with E-state index in [1.54, 1.807) is 11.3 Å². The van der Waals surface area contributed by atoms with Crippen LogP contribution in [0.4, 0.5) is 0 Å². The molecule has 2 aromatic rings. The van der Waals surface area contributed by atoms with Crippen LogP contribution in [0.25, 0.3) is 0 Å². The van der Waals surface area contributed by atoms with Crippen LogP contribution in [0.15, 0.2) is 35.0 Å². The topological polar surface area (TPSA) is 47.3 Å². The monoisotopic (exact) mass is 262 g/mol. The zero-order valence-corrected chi connectivity index (χ0v) is 11.5. The molecule has 0 aliphatic rings. The van der Waals surface area contributed by atoms with Crippen molar-refractivity contribution in [1.29, 1.82) is 0 Å². The summed E-state index contributed by atoms with van der Waals surface area (Å²) in [7, 11) is 0. The molecule has 4 heteroatoms. The Morgan fingerprint density at radius 2 is 2.22 bits per heavy atom. The fraction of sp³-hybridized carbons (Fsp3) is 0.286. The third-order valence-electron chi connectivity index (χ3n) is 2.88. The van der Waals surface area contributed by atoms with Gasteiger partial charge in [-0.2, -0.15) is 11.3 Å². The predicted molar refractivity (Wildman–Crippen MR) is 75.8 cm³/mol. The quantitative estimate of drug-likeness (QED) is 0.643. The standard InChI is InChI=1S/C14H18N2OS/c1-3-17-12-6-4-5-11(7-12)14(16-15)13-9-18-8-10(13)2/h4-9,14,16H,3,15H2,1-2H3. The first-order valence-corrected chi connectivity index (χ1v) is 6.92. The van der Waals surface area contributed by atoms with Crippen LogP contribution in [-0.2, 0) is 0 Å². The Labute approximate surface area is 112 Å². The van der Waals surface area contributed by atoms with Crippen molar-refractivity contribution in [2.75, 3.05) is 6.61 Å². The summed E-state index contributed by atoms with van der Waals surface area (Å²) in [5.41, 5.74) is 6.47. The molecule has 1 unspecified atom stereocenters. The van der Waals surface area contributed by atoms with Crippen molar-refractivity contribution in [2.24, 2.45) is 5.84 Å². The second-order valence-electron chi connectivity index (χ2n) is 4.12. The molecule has 0 aliphatic carbocycles. The van der Waals surface area contributed by atoms with Crippen LogP contribution in [0, 0.1) is 6.92 Å². The van der Waals surface area contributed by atoms with Crippen LogP contribution >= 0.6 is 11.3 Å². The van der Waals surface area contributed by atoms with Crippen molar-refractivity contribution in [1.82, 2.24) is 5.43 Å². The maximum atomic E-state index is 5.70. The molecule has 1 atom stereocenters. The van der Waals surface area contributed by atoms with Gasteiger partial charge in [0.15, 0.2) is 0 Å². The molecule has 18 heavy (non-hydrogen) atoms. The average molecular weight is 262 g/mol. The Morgan fingerprint density at radius 3 is 2.83 bits per heavy atom. The highest BCUT2D eigenvalue weighted by Gasteiger charge is 2.15. The van der Waals surface area contributed by atoms with Crippen LogP contribution in [0.3, 0.4) is 0 Å². The lowest BCUT2D eigenvalue weighted by Crippen LogP contribution is -2.29. The number of rotatable bonds is 5. The lowest BCUT2D eigenvalue weighted by molar-refractivity contribution is 0.339. The summed E-state index contributed by atoms with van der Waals surface area (Å²) in [5, 5.41) is 4.26. The first-order valence-electron chi connectivity index (χ1n) is 5.97. The van der Waals surface area contributed by atoms with Gasteiger partial charge in [0.2, 0.25) is 0 Å². The molecule has 96 valence electrons. The van der Waals surface area contributed by atoms with Crippen LogP contribution in [0.5, 0.6) is 5.75 Å². The summed E-state index contributed by atoms with van der Waals surface area (Å²) in [5.74, 6) is 6.58. The molecule has 0 fully saturated rings. The molecule has 3 N–H and O–H groups in total. The minimum atomic E-state index is 0.0108. The van der Waals surface area contributed by atoms with Crippen molar-refractivity contribution in [3.8, 4) is 5.75 Å². The van der Waals surface area contributed by atoms with E-state index in [9.17, 15) is 0 Å². The molecule has 0 radical (unpaired) electrons. The van der Waals surface area contributed by atoms with Gasteiger partial charge in [-0.25, -0.2) is 5.43 Å². The fourth-order valence-corrected chi connectivity index (χ4v) is 2.86. The van der Waals surface area contributed by atoms with Gasteiger partial charge in [-0.15, -0.1) is 0 Å². The van der Waals surface area contributed by atoms with Gasteiger partial charge in [-0.05, 0) is 53.4 Å². The van der Waals surface area contributed by atoms with Gasteiger partial charge < -0.3 is 4.74 Å². The number of nitrogens with two attached hydrogens (primary N) is 1. The number of aryl methyl sites for hydroxylation is 1. The van der Waals surface area contributed by atoms with Crippen molar-refractivity contribution in [2.45, 2.75) is 19.9 Å². The van der Waals surface area contributed by atoms with Crippen LogP contribution in [-0.4, -0.2) is 6.61 Å². The van der Waals surface area contributed by atoms with E-state index in [4.69, 9.17) is 10.6 Å². The lowest BCUT2D eigenvalue weighted by atomic mass is 9.99. The van der Waals surface area contributed by atoms with Gasteiger partial charge in [0.25, 0.3) is 0 Å². The van der Waals surface area contributed by atoms with Gasteiger partial charge in [-0.3, -0.25) is 5.84 Å². The summed E-state index contributed by atoms with van der Waals surface area (Å²) < 4.78 is 5.52. The maximum absolute atomic E-state index is 5.70. The highest BCUT2D eigenvalue weighted by Crippen LogP contribution is 2.28. The average Bonchev–Trinajstić information content (AvgIpc) is 2.78. The summed E-state index contributed by atoms with van der Waals surface area (Å²) >= 11 is 1.69. The molecule has 0 bridgehead atoms. The van der Waals surface area contributed by atoms with Gasteiger partial charge in [0.1, 0.15) is 5.75 Å². The van der Waals surface area contributed by atoms with E-state index in [2.05, 4.69) is 29.2 Å². The van der Waals surface area contributed by atoms with Gasteiger partial charge in [0, 0.05) is 0 Å². The molecule has 2 rings (SSSR count). The van der Waals surface area contributed by atoms with Crippen molar-refractivity contribution in [3.63, 3.8) is 0 Å². The Morgan fingerprint density at radius 1 is 1.39 bits per heavy atom. The third-order valence-corrected chi connectivity index (χ3v) is 3.75. The minimum absolute atomic E-state index is 0.0108. The normalized spacial score (nSPS) is 12.4. The Balaban J connectivity index is 2.33. The molecule has 3 nitrogen and oxygen atoms in total. The minimum Gasteiger partial charge on any atom is -0.494 e. The van der Waals surface area contributed by atoms with Gasteiger partial charge in [0.05, 0.1) is 12.6 Å². The highest BCUT2D eigenvalue weighted by molar-refractivity contribution is 7.08. The predicted octanol–water partition coefficient (Wildman–Crippen LogP) is 3.01. The SMILES string of the molecule is CCOc1cccc(C(NN)c2cscc2C)c1. The molecule has 1 aromatic heterocycles. The Hall–Kier alpha value is -1.36. The van der Waals surface area contributed by atoms with Crippen molar-refractivity contribution in [3.05, 3.63) is 51.7 Å². The van der Waals surface area contributed by atoms with Crippen LogP contribution in [0.1, 0.15) is 29.7 Å². The number of benzene rings is 1. The van der Waals surface area contributed by atoms with E-state index < -0.39 is 0 Å². The molecule has 0 saturated heterocycles. The van der Waals surface area contributed by atoms with Gasteiger partial charge in [-0.1, -0.05) is 12.1 Å². The number of hydrazine groups is 1. The Bertz CT molecular complexity index is 510. The molecular weight excluding hydrogens is 244 g/mol. The molecule has 0 aliphatic heterocycles. The number of ether oxygens (including phenoxy) is 1. The van der Waals surface area contributed by atoms with Crippen LogP contribution in [0.2, 0.25) is 0 Å². The van der Waals surface area contributed by atoms with E-state index >= 15 is 0 Å². The smallest absolute Gasteiger partial charge is 0.119 e. The number of hydrogen-bond donors (Lipinski definition) is 2. The molecule has 1 heterocycles. The molecule has 0 saturated carbocycles. The zero-order chi connectivity index (χ0) is 13.0. The van der Waals surface area contributed by atoms with E-state index in [0.717, 1.165) is 11.3 Å². The summed E-state index contributed by atoms with van der Waals surface area (Å²) in [4.78, 5) is 0. The molecular formula is C14H18N2OS. The molecule has 0 amide bonds. The van der Waals surface area contributed by atoms with E-state index in [0.29, 0.717) is 6.61 Å².